The van der Waals surface area contributed by atoms with Crippen LogP contribution in [0.3, 0.4) is 0 Å². The molecule has 0 saturated carbocycles. The number of H-pyrrole nitrogens is 1. The van der Waals surface area contributed by atoms with E-state index in [0.717, 1.165) is 30.0 Å². The van der Waals surface area contributed by atoms with Gasteiger partial charge in [-0.2, -0.15) is 10.4 Å². The van der Waals surface area contributed by atoms with E-state index in [1.165, 1.54) is 37.3 Å². The van der Waals surface area contributed by atoms with Crippen LogP contribution in [0.4, 0.5) is 11.6 Å². The van der Waals surface area contributed by atoms with Gasteiger partial charge in [-0.05, 0) is 50.0 Å². The lowest BCUT2D eigenvalue weighted by molar-refractivity contribution is 0.266. The minimum absolute atomic E-state index is 0. The Morgan fingerprint density at radius 3 is 2.84 bits per heavy atom. The van der Waals surface area contributed by atoms with Crippen molar-refractivity contribution in [1.29, 1.82) is 5.26 Å². The van der Waals surface area contributed by atoms with Crippen LogP contribution in [0.25, 0.3) is 11.3 Å². The Kier molecular flexibility index (Phi) is 7.45. The summed E-state index contributed by atoms with van der Waals surface area (Å²) in [5, 5.41) is 19.2. The summed E-state index contributed by atoms with van der Waals surface area (Å²) < 4.78 is 5.68. The Morgan fingerprint density at radius 1 is 1.26 bits per heavy atom. The first-order valence-electron chi connectivity index (χ1n) is 10.2. The minimum atomic E-state index is 0. The Balaban J connectivity index is 0.00000272. The van der Waals surface area contributed by atoms with Gasteiger partial charge in [0.1, 0.15) is 17.6 Å². The zero-order valence-corrected chi connectivity index (χ0v) is 18.4. The molecule has 1 aliphatic heterocycles. The minimum Gasteiger partial charge on any atom is -0.496 e. The molecule has 0 radical (unpaired) electrons. The lowest BCUT2D eigenvalue weighted by Crippen LogP contribution is -2.30. The fourth-order valence-corrected chi connectivity index (χ4v) is 4.01. The monoisotopic (exact) mass is 439 g/mol. The van der Waals surface area contributed by atoms with E-state index in [1.807, 2.05) is 12.1 Å². The second kappa shape index (κ2) is 10.2. The van der Waals surface area contributed by atoms with E-state index in [2.05, 4.69) is 55.5 Å². The largest absolute Gasteiger partial charge is 0.496 e. The first-order chi connectivity index (χ1) is 14.7. The highest BCUT2D eigenvalue weighted by Crippen LogP contribution is 2.32. The molecule has 2 aromatic heterocycles. The Morgan fingerprint density at radius 2 is 2.13 bits per heavy atom. The number of anilines is 2. The number of nitriles is 1. The van der Waals surface area contributed by atoms with Gasteiger partial charge in [-0.25, -0.2) is 9.97 Å². The number of benzene rings is 1. The summed E-state index contributed by atoms with van der Waals surface area (Å²) in [6.45, 7) is 4.53. The third kappa shape index (κ3) is 5.13. The van der Waals surface area contributed by atoms with Crippen molar-refractivity contribution in [1.82, 2.24) is 25.1 Å². The highest BCUT2D eigenvalue weighted by atomic mass is 35.5. The van der Waals surface area contributed by atoms with Crippen molar-refractivity contribution in [2.24, 2.45) is 0 Å². The third-order valence-electron chi connectivity index (χ3n) is 5.53. The van der Waals surface area contributed by atoms with E-state index in [0.29, 0.717) is 17.7 Å². The summed E-state index contributed by atoms with van der Waals surface area (Å²) in [5.41, 5.74) is 3.35. The molecule has 1 aliphatic rings. The van der Waals surface area contributed by atoms with E-state index >= 15 is 0 Å². The standard InChI is InChI=1S/C22H25N7O.ClH/c1-3-29-8-4-5-17(29)9-15-6-7-18(20(10-15)30-2)19-11-21(28-27-19)26-22-14-24-16(12-23)13-25-22;/h6-7,10-11,13-14,17H,3-5,8-9H2,1-2H3,(H2,25,26,27,28);1H/t17-;/m0./s1. The van der Waals surface area contributed by atoms with E-state index in [4.69, 9.17) is 10.00 Å². The molecule has 0 amide bonds. The van der Waals surface area contributed by atoms with Crippen molar-refractivity contribution in [3.8, 4) is 23.1 Å². The van der Waals surface area contributed by atoms with Crippen molar-refractivity contribution in [2.45, 2.75) is 32.2 Å². The third-order valence-corrected chi connectivity index (χ3v) is 5.53. The quantitative estimate of drug-likeness (QED) is 0.574. The maximum absolute atomic E-state index is 8.82. The first kappa shape index (κ1) is 22.5. The number of hydrogen-bond donors (Lipinski definition) is 2. The average Bonchev–Trinajstić information content (AvgIpc) is 3.43. The zero-order chi connectivity index (χ0) is 20.9. The highest BCUT2D eigenvalue weighted by Gasteiger charge is 2.23. The van der Waals surface area contributed by atoms with Gasteiger partial charge < -0.3 is 15.0 Å². The lowest BCUT2D eigenvalue weighted by Gasteiger charge is -2.23. The number of nitrogens with one attached hydrogen (secondary N) is 2. The number of likely N-dealkylation sites (tertiary alicyclic amines) is 1. The molecule has 0 spiro atoms. The molecule has 1 aromatic carbocycles. The van der Waals surface area contributed by atoms with E-state index in [1.54, 1.807) is 7.11 Å². The van der Waals surface area contributed by atoms with Crippen LogP contribution in [0.1, 0.15) is 31.0 Å². The number of halogens is 1. The fourth-order valence-electron chi connectivity index (χ4n) is 4.01. The second-order valence-corrected chi connectivity index (χ2v) is 7.35. The molecule has 0 unspecified atom stereocenters. The number of methoxy groups -OCH3 is 1. The molecule has 3 heterocycles. The van der Waals surface area contributed by atoms with Crippen molar-refractivity contribution in [3.63, 3.8) is 0 Å². The molecule has 1 saturated heterocycles. The number of rotatable bonds is 7. The number of hydrogen-bond acceptors (Lipinski definition) is 7. The van der Waals surface area contributed by atoms with Crippen molar-refractivity contribution >= 4 is 24.0 Å². The van der Waals surface area contributed by atoms with E-state index in [-0.39, 0.29) is 18.1 Å². The van der Waals surface area contributed by atoms with Gasteiger partial charge in [0.05, 0.1) is 25.2 Å². The Hall–Kier alpha value is -3.15. The summed E-state index contributed by atoms with van der Waals surface area (Å²) in [5.74, 6) is 1.95. The molecule has 0 bridgehead atoms. The van der Waals surface area contributed by atoms with Crippen molar-refractivity contribution < 1.29 is 4.74 Å². The van der Waals surface area contributed by atoms with Crippen LogP contribution < -0.4 is 10.1 Å². The van der Waals surface area contributed by atoms with Gasteiger partial charge in [-0.1, -0.05) is 13.0 Å². The summed E-state index contributed by atoms with van der Waals surface area (Å²) >= 11 is 0. The van der Waals surface area contributed by atoms with Crippen LogP contribution in [0.5, 0.6) is 5.75 Å². The van der Waals surface area contributed by atoms with Crippen LogP contribution in [-0.4, -0.2) is 51.3 Å². The Labute approximate surface area is 188 Å². The summed E-state index contributed by atoms with van der Waals surface area (Å²) in [7, 11) is 1.69. The fraction of sp³-hybridized carbons (Fsp3) is 0.364. The van der Waals surface area contributed by atoms with Crippen molar-refractivity contribution in [2.75, 3.05) is 25.5 Å². The molecule has 1 fully saturated rings. The molecule has 8 nitrogen and oxygen atoms in total. The van der Waals surface area contributed by atoms with Gasteiger partial charge in [-0.3, -0.25) is 5.10 Å². The number of aromatic nitrogens is 4. The van der Waals surface area contributed by atoms with Crippen LogP contribution in [0.2, 0.25) is 0 Å². The maximum Gasteiger partial charge on any atom is 0.158 e. The maximum atomic E-state index is 8.82. The molecule has 3 aromatic rings. The van der Waals surface area contributed by atoms with Gasteiger partial charge in [-0.15, -0.1) is 12.4 Å². The number of nitrogens with zero attached hydrogens (tertiary/aromatic N) is 5. The molecular formula is C22H26ClN7O. The number of likely N-dealkylation sites (N-methyl/N-ethyl adjacent to an activating group) is 1. The van der Waals surface area contributed by atoms with Crippen LogP contribution in [0.15, 0.2) is 36.7 Å². The van der Waals surface area contributed by atoms with E-state index in [9.17, 15) is 0 Å². The predicted octanol–water partition coefficient (Wildman–Crippen LogP) is 3.94. The number of ether oxygens (including phenoxy) is 1. The van der Waals surface area contributed by atoms with Crippen LogP contribution >= 0.6 is 12.4 Å². The van der Waals surface area contributed by atoms with E-state index < -0.39 is 0 Å². The molecular weight excluding hydrogens is 414 g/mol. The molecule has 0 aliphatic carbocycles. The number of aromatic amines is 1. The van der Waals surface area contributed by atoms with Crippen molar-refractivity contribution in [3.05, 3.63) is 47.9 Å². The van der Waals surface area contributed by atoms with Crippen LogP contribution in [0, 0.1) is 11.3 Å². The van der Waals surface area contributed by atoms with Gasteiger partial charge in [0.15, 0.2) is 11.5 Å². The smallest absolute Gasteiger partial charge is 0.158 e. The highest BCUT2D eigenvalue weighted by molar-refractivity contribution is 5.85. The SMILES string of the molecule is CCN1CCC[C@H]1Cc1ccc(-c2cc(Nc3cnc(C#N)cn3)n[nH]2)c(OC)c1.Cl. The molecule has 9 heteroatoms. The summed E-state index contributed by atoms with van der Waals surface area (Å²) in [4.78, 5) is 10.7. The molecule has 4 rings (SSSR count). The zero-order valence-electron chi connectivity index (χ0n) is 17.6. The van der Waals surface area contributed by atoms with Gasteiger partial charge in [0.2, 0.25) is 0 Å². The van der Waals surface area contributed by atoms with Gasteiger partial charge in [0, 0.05) is 17.7 Å². The average molecular weight is 440 g/mol. The lowest BCUT2D eigenvalue weighted by atomic mass is 10.0. The molecule has 162 valence electrons. The normalized spacial score (nSPS) is 15.8. The van der Waals surface area contributed by atoms with Crippen LogP contribution in [-0.2, 0) is 6.42 Å². The molecule has 31 heavy (non-hydrogen) atoms. The van der Waals surface area contributed by atoms with Gasteiger partial charge in [0.25, 0.3) is 0 Å². The predicted molar refractivity (Wildman–Crippen MR) is 122 cm³/mol. The first-order valence-corrected chi connectivity index (χ1v) is 10.2. The second-order valence-electron chi connectivity index (χ2n) is 7.35. The molecule has 1 atom stereocenters. The van der Waals surface area contributed by atoms with Gasteiger partial charge >= 0.3 is 0 Å². The summed E-state index contributed by atoms with van der Waals surface area (Å²) in [6.07, 6.45) is 6.50. The topological polar surface area (TPSA) is 103 Å². The Bertz CT molecular complexity index is 1040. The molecule has 2 N–H and O–H groups in total. The summed E-state index contributed by atoms with van der Waals surface area (Å²) in [6, 6.07) is 10.8.